The van der Waals surface area contributed by atoms with E-state index >= 15 is 0 Å². The molecule has 1 aromatic carbocycles. The Bertz CT molecular complexity index is 970. The number of carbonyl (C=O) groups is 3. The minimum absolute atomic E-state index is 0.0450. The Balaban J connectivity index is 1.55. The van der Waals surface area contributed by atoms with Gasteiger partial charge in [-0.25, -0.2) is 9.78 Å². The van der Waals surface area contributed by atoms with Crippen molar-refractivity contribution in [2.75, 3.05) is 18.4 Å². The molecule has 8 nitrogen and oxygen atoms in total. The molecule has 3 heterocycles. The van der Waals surface area contributed by atoms with Crippen LogP contribution in [0.1, 0.15) is 34.5 Å². The number of aryl methyl sites for hydroxylation is 1. The number of hydrogen-bond donors (Lipinski definition) is 3. The molecule has 9 heteroatoms. The maximum absolute atomic E-state index is 12.5. The van der Waals surface area contributed by atoms with Gasteiger partial charge in [-0.1, -0.05) is 17.4 Å². The molecule has 0 radical (unpaired) electrons. The number of urea groups is 1. The van der Waals surface area contributed by atoms with Gasteiger partial charge in [0.25, 0.3) is 5.91 Å². The Hall–Kier alpha value is -2.94. The lowest BCUT2D eigenvalue weighted by Crippen LogP contribution is -2.45. The molecule has 4 N–H and O–H groups in total. The number of fused-ring (bicyclic) bond motifs is 1. The number of hydrogen-bond acceptors (Lipinski definition) is 5. The number of nitrogens with two attached hydrogens (primary N) is 1. The zero-order chi connectivity index (χ0) is 19.8. The predicted molar refractivity (Wildman–Crippen MR) is 106 cm³/mol. The van der Waals surface area contributed by atoms with Crippen molar-refractivity contribution >= 4 is 34.3 Å². The van der Waals surface area contributed by atoms with Crippen molar-refractivity contribution in [2.24, 2.45) is 5.73 Å². The van der Waals surface area contributed by atoms with Gasteiger partial charge in [-0.2, -0.15) is 0 Å². The maximum Gasteiger partial charge on any atom is 0.324 e. The molecule has 1 aromatic heterocycles. The number of nitrogens with one attached hydrogen (secondary N) is 2. The fourth-order valence-electron chi connectivity index (χ4n) is 3.76. The van der Waals surface area contributed by atoms with Crippen LogP contribution < -0.4 is 16.4 Å². The normalized spacial score (nSPS) is 18.5. The first-order valence-electron chi connectivity index (χ1n) is 9.20. The van der Waals surface area contributed by atoms with Gasteiger partial charge in [-0.3, -0.25) is 14.9 Å². The SMILES string of the molecule is Cc1nc(NC(=O)N2CCC[C@H]2C(N)=O)sc1-c1ccc2c(c1)CCNC2=O. The van der Waals surface area contributed by atoms with Crippen LogP contribution in [0.25, 0.3) is 10.4 Å². The number of benzene rings is 1. The summed E-state index contributed by atoms with van der Waals surface area (Å²) in [6.45, 7) is 3.02. The minimum Gasteiger partial charge on any atom is -0.368 e. The first-order valence-corrected chi connectivity index (χ1v) is 10.0. The van der Waals surface area contributed by atoms with Gasteiger partial charge in [0, 0.05) is 18.7 Å². The Kier molecular flexibility index (Phi) is 4.76. The molecule has 2 aliphatic rings. The number of aromatic nitrogens is 1. The second-order valence-electron chi connectivity index (χ2n) is 7.00. The maximum atomic E-state index is 12.5. The Labute approximate surface area is 166 Å². The molecular weight excluding hydrogens is 378 g/mol. The molecule has 146 valence electrons. The third-order valence-corrected chi connectivity index (χ3v) is 6.27. The van der Waals surface area contributed by atoms with Crippen molar-refractivity contribution in [3.05, 3.63) is 35.0 Å². The summed E-state index contributed by atoms with van der Waals surface area (Å²) in [5.74, 6) is -0.529. The Morgan fingerprint density at radius 2 is 2.21 bits per heavy atom. The summed E-state index contributed by atoms with van der Waals surface area (Å²) in [6.07, 6.45) is 2.14. The van der Waals surface area contributed by atoms with E-state index in [4.69, 9.17) is 5.73 Å². The molecule has 0 unspecified atom stereocenters. The highest BCUT2D eigenvalue weighted by atomic mass is 32.1. The van der Waals surface area contributed by atoms with Gasteiger partial charge in [-0.05, 0) is 49.4 Å². The van der Waals surface area contributed by atoms with Gasteiger partial charge in [0.2, 0.25) is 5.91 Å². The summed E-state index contributed by atoms with van der Waals surface area (Å²) in [6, 6.07) is 4.83. The van der Waals surface area contributed by atoms with Gasteiger partial charge in [-0.15, -0.1) is 0 Å². The molecule has 2 aliphatic heterocycles. The van der Waals surface area contributed by atoms with Crippen LogP contribution in [0.3, 0.4) is 0 Å². The van der Waals surface area contributed by atoms with E-state index < -0.39 is 11.9 Å². The largest absolute Gasteiger partial charge is 0.368 e. The van der Waals surface area contributed by atoms with E-state index in [1.165, 1.54) is 16.2 Å². The van der Waals surface area contributed by atoms with Gasteiger partial charge >= 0.3 is 6.03 Å². The third-order valence-electron chi connectivity index (χ3n) is 5.14. The molecule has 1 fully saturated rings. The highest BCUT2D eigenvalue weighted by molar-refractivity contribution is 7.19. The Morgan fingerprint density at radius 3 is 3.00 bits per heavy atom. The first-order chi connectivity index (χ1) is 13.4. The number of primary amides is 1. The number of carbonyl (C=O) groups excluding carboxylic acids is 3. The third kappa shape index (κ3) is 3.33. The van der Waals surface area contributed by atoms with Crippen LogP contribution in [0.15, 0.2) is 18.2 Å². The number of likely N-dealkylation sites (tertiary alicyclic amines) is 1. The van der Waals surface area contributed by atoms with Gasteiger partial charge in [0.1, 0.15) is 6.04 Å². The summed E-state index contributed by atoms with van der Waals surface area (Å²) < 4.78 is 0. The zero-order valence-corrected chi connectivity index (χ0v) is 16.3. The summed E-state index contributed by atoms with van der Waals surface area (Å²) in [5, 5.41) is 6.11. The quantitative estimate of drug-likeness (QED) is 0.730. The van der Waals surface area contributed by atoms with E-state index in [9.17, 15) is 14.4 Å². The summed E-state index contributed by atoms with van der Waals surface area (Å²) in [4.78, 5) is 42.8. The topological polar surface area (TPSA) is 117 Å². The minimum atomic E-state index is -0.563. The lowest BCUT2D eigenvalue weighted by molar-refractivity contribution is -0.121. The number of rotatable bonds is 3. The van der Waals surface area contributed by atoms with Crippen molar-refractivity contribution in [2.45, 2.75) is 32.2 Å². The molecule has 0 saturated carbocycles. The van der Waals surface area contributed by atoms with Crippen molar-refractivity contribution in [3.63, 3.8) is 0 Å². The van der Waals surface area contributed by atoms with E-state index in [2.05, 4.69) is 15.6 Å². The molecule has 1 saturated heterocycles. The molecule has 1 atom stereocenters. The average molecular weight is 399 g/mol. The number of nitrogens with zero attached hydrogens (tertiary/aromatic N) is 2. The van der Waals surface area contributed by atoms with Crippen molar-refractivity contribution in [1.29, 1.82) is 0 Å². The summed E-state index contributed by atoms with van der Waals surface area (Å²) in [7, 11) is 0. The summed E-state index contributed by atoms with van der Waals surface area (Å²) >= 11 is 1.37. The van der Waals surface area contributed by atoms with Gasteiger partial charge in [0.05, 0.1) is 10.6 Å². The van der Waals surface area contributed by atoms with Crippen LogP contribution in [-0.2, 0) is 11.2 Å². The standard InChI is InChI=1S/C19H21N5O3S/c1-10-15(12-4-5-13-11(9-12)6-7-21-17(13)26)28-18(22-10)23-19(27)24-8-2-3-14(24)16(20)25/h4-5,9,14H,2-3,6-8H2,1H3,(H2,20,25)(H,21,26)(H,22,23,27)/t14-/m0/s1. The van der Waals surface area contributed by atoms with E-state index in [0.717, 1.165) is 34.5 Å². The predicted octanol–water partition coefficient (Wildman–Crippen LogP) is 1.89. The second-order valence-corrected chi connectivity index (χ2v) is 7.99. The van der Waals surface area contributed by atoms with Crippen LogP contribution in [0.5, 0.6) is 0 Å². The summed E-state index contributed by atoms with van der Waals surface area (Å²) in [5.41, 5.74) is 8.88. The Morgan fingerprint density at radius 1 is 1.39 bits per heavy atom. The van der Waals surface area contributed by atoms with Crippen molar-refractivity contribution in [3.8, 4) is 10.4 Å². The van der Waals surface area contributed by atoms with Gasteiger partial charge in [0.15, 0.2) is 5.13 Å². The smallest absolute Gasteiger partial charge is 0.324 e. The number of anilines is 1. The lowest BCUT2D eigenvalue weighted by atomic mass is 9.97. The first kappa shape index (κ1) is 18.4. The second kappa shape index (κ2) is 7.23. The molecule has 28 heavy (non-hydrogen) atoms. The van der Waals surface area contributed by atoms with Crippen molar-refractivity contribution in [1.82, 2.24) is 15.2 Å². The highest BCUT2D eigenvalue weighted by Crippen LogP contribution is 2.34. The zero-order valence-electron chi connectivity index (χ0n) is 15.4. The average Bonchev–Trinajstić information content (AvgIpc) is 3.28. The molecule has 4 rings (SSSR count). The van der Waals surface area contributed by atoms with E-state index in [1.54, 1.807) is 0 Å². The van der Waals surface area contributed by atoms with Crippen LogP contribution in [0.4, 0.5) is 9.93 Å². The molecule has 0 aliphatic carbocycles. The van der Waals surface area contributed by atoms with Crippen LogP contribution in [-0.4, -0.2) is 46.9 Å². The van der Waals surface area contributed by atoms with E-state index in [1.807, 2.05) is 25.1 Å². The monoisotopic (exact) mass is 399 g/mol. The van der Waals surface area contributed by atoms with Crippen LogP contribution in [0, 0.1) is 6.92 Å². The molecule has 0 bridgehead atoms. The van der Waals surface area contributed by atoms with Crippen LogP contribution >= 0.6 is 11.3 Å². The van der Waals surface area contributed by atoms with E-state index in [-0.39, 0.29) is 11.9 Å². The molecule has 0 spiro atoms. The van der Waals surface area contributed by atoms with Crippen LogP contribution in [0.2, 0.25) is 0 Å². The number of thiazole rings is 1. The fourth-order valence-corrected chi connectivity index (χ4v) is 4.71. The number of amides is 4. The fraction of sp³-hybridized carbons (Fsp3) is 0.368. The van der Waals surface area contributed by atoms with E-state index in [0.29, 0.717) is 30.2 Å². The lowest BCUT2D eigenvalue weighted by Gasteiger charge is -2.21. The molecule has 2 aromatic rings. The highest BCUT2D eigenvalue weighted by Gasteiger charge is 2.33. The van der Waals surface area contributed by atoms with Gasteiger partial charge < -0.3 is 16.0 Å². The molecular formula is C19H21N5O3S. The van der Waals surface area contributed by atoms with Crippen molar-refractivity contribution < 1.29 is 14.4 Å². The molecule has 4 amide bonds.